The van der Waals surface area contributed by atoms with E-state index in [1.54, 1.807) is 7.11 Å². The summed E-state index contributed by atoms with van der Waals surface area (Å²) in [7, 11) is 3.72. The highest BCUT2D eigenvalue weighted by molar-refractivity contribution is 5.77. The third-order valence-electron chi connectivity index (χ3n) is 4.01. The van der Waals surface area contributed by atoms with Crippen molar-refractivity contribution < 1.29 is 4.74 Å². The molecule has 0 unspecified atom stereocenters. The molecular weight excluding hydrogens is 264 g/mol. The molecule has 0 bridgehead atoms. The van der Waals surface area contributed by atoms with Crippen LogP contribution in [0.2, 0.25) is 0 Å². The summed E-state index contributed by atoms with van der Waals surface area (Å²) in [6, 6.07) is 7.90. The lowest BCUT2D eigenvalue weighted by atomic mass is 9.99. The van der Waals surface area contributed by atoms with Gasteiger partial charge in [0, 0.05) is 13.6 Å². The van der Waals surface area contributed by atoms with Gasteiger partial charge in [-0.05, 0) is 44.0 Å². The van der Waals surface area contributed by atoms with Gasteiger partial charge in [-0.3, -0.25) is 0 Å². The van der Waals surface area contributed by atoms with Gasteiger partial charge < -0.3 is 15.0 Å². The third-order valence-corrected chi connectivity index (χ3v) is 4.01. The van der Waals surface area contributed by atoms with Gasteiger partial charge in [-0.25, -0.2) is 9.97 Å². The van der Waals surface area contributed by atoms with Crippen molar-refractivity contribution in [1.29, 1.82) is 0 Å². The van der Waals surface area contributed by atoms with Crippen molar-refractivity contribution in [2.45, 2.75) is 12.8 Å². The molecule has 0 saturated carbocycles. The molecule has 112 valence electrons. The number of nitrogens with one attached hydrogen (secondary N) is 1. The smallest absolute Gasteiger partial charge is 0.257 e. The fourth-order valence-corrected chi connectivity index (χ4v) is 2.91. The van der Waals surface area contributed by atoms with Gasteiger partial charge in [-0.1, -0.05) is 12.1 Å². The number of rotatable bonds is 4. The van der Waals surface area contributed by atoms with Crippen molar-refractivity contribution in [3.8, 4) is 5.88 Å². The van der Waals surface area contributed by atoms with Gasteiger partial charge in [-0.15, -0.1) is 0 Å². The zero-order valence-corrected chi connectivity index (χ0v) is 12.7. The molecule has 1 aromatic carbocycles. The lowest BCUT2D eigenvalue weighted by molar-refractivity contribution is 0.374. The summed E-state index contributed by atoms with van der Waals surface area (Å²) in [5, 5.41) is 3.46. The molecule has 21 heavy (non-hydrogen) atoms. The van der Waals surface area contributed by atoms with Gasteiger partial charge in [0.1, 0.15) is 0 Å². The quantitative estimate of drug-likeness (QED) is 0.932. The largest absolute Gasteiger partial charge is 0.478 e. The van der Waals surface area contributed by atoms with Crippen molar-refractivity contribution in [2.75, 3.05) is 38.7 Å². The fraction of sp³-hybridized carbons (Fsp3) is 0.500. The Morgan fingerprint density at radius 1 is 1.29 bits per heavy atom. The molecule has 1 saturated heterocycles. The number of fused-ring (bicyclic) bond motifs is 1. The molecule has 1 atom stereocenters. The Kier molecular flexibility index (Phi) is 4.20. The molecule has 0 amide bonds. The number of para-hydroxylation sites is 2. The highest BCUT2D eigenvalue weighted by Gasteiger charge is 2.19. The Hall–Kier alpha value is -1.88. The number of piperidine rings is 1. The number of hydrogen-bond acceptors (Lipinski definition) is 5. The maximum Gasteiger partial charge on any atom is 0.257 e. The van der Waals surface area contributed by atoms with E-state index >= 15 is 0 Å². The van der Waals surface area contributed by atoms with Crippen LogP contribution in [0.25, 0.3) is 11.0 Å². The highest BCUT2D eigenvalue weighted by Crippen LogP contribution is 2.27. The van der Waals surface area contributed by atoms with Crippen LogP contribution in [0.15, 0.2) is 24.3 Å². The number of methoxy groups -OCH3 is 1. The first-order valence-corrected chi connectivity index (χ1v) is 7.50. The average Bonchev–Trinajstić information content (AvgIpc) is 2.54. The van der Waals surface area contributed by atoms with E-state index in [4.69, 9.17) is 9.72 Å². The zero-order chi connectivity index (χ0) is 14.7. The zero-order valence-electron chi connectivity index (χ0n) is 12.7. The van der Waals surface area contributed by atoms with Gasteiger partial charge >= 0.3 is 0 Å². The third kappa shape index (κ3) is 3.08. The van der Waals surface area contributed by atoms with E-state index < -0.39 is 0 Å². The summed E-state index contributed by atoms with van der Waals surface area (Å²) in [4.78, 5) is 11.5. The topological polar surface area (TPSA) is 50.3 Å². The van der Waals surface area contributed by atoms with E-state index in [-0.39, 0.29) is 0 Å². The SMILES string of the molecule is COc1nc2ccccc2nc1N(C)C[C@H]1CCCNC1. The second-order valence-corrected chi connectivity index (χ2v) is 5.64. The predicted octanol–water partition coefficient (Wildman–Crippen LogP) is 2.07. The van der Waals surface area contributed by atoms with Crippen molar-refractivity contribution in [3.63, 3.8) is 0 Å². The summed E-state index contributed by atoms with van der Waals surface area (Å²) in [5.74, 6) is 2.07. The van der Waals surface area contributed by atoms with Crippen LogP contribution in [-0.2, 0) is 0 Å². The van der Waals surface area contributed by atoms with Crippen molar-refractivity contribution >= 4 is 16.9 Å². The van der Waals surface area contributed by atoms with Crippen LogP contribution < -0.4 is 15.0 Å². The Morgan fingerprint density at radius 2 is 2.05 bits per heavy atom. The molecule has 1 aliphatic rings. The molecule has 0 spiro atoms. The predicted molar refractivity (Wildman–Crippen MR) is 85.0 cm³/mol. The van der Waals surface area contributed by atoms with Gasteiger partial charge in [0.25, 0.3) is 5.88 Å². The van der Waals surface area contributed by atoms with Gasteiger partial charge in [-0.2, -0.15) is 0 Å². The van der Waals surface area contributed by atoms with Crippen molar-refractivity contribution in [2.24, 2.45) is 5.92 Å². The van der Waals surface area contributed by atoms with Crippen molar-refractivity contribution in [3.05, 3.63) is 24.3 Å². The molecule has 0 aliphatic carbocycles. The van der Waals surface area contributed by atoms with E-state index in [0.29, 0.717) is 11.8 Å². The number of nitrogens with zero attached hydrogens (tertiary/aromatic N) is 3. The molecule has 0 radical (unpaired) electrons. The Labute approximate surface area is 125 Å². The first-order chi connectivity index (χ1) is 10.3. The summed E-state index contributed by atoms with van der Waals surface area (Å²) in [6.07, 6.45) is 2.51. The lowest BCUT2D eigenvalue weighted by Crippen LogP contribution is -2.37. The lowest BCUT2D eigenvalue weighted by Gasteiger charge is -2.28. The average molecular weight is 286 g/mol. The Balaban J connectivity index is 1.86. The fourth-order valence-electron chi connectivity index (χ4n) is 2.91. The normalized spacial score (nSPS) is 18.7. The summed E-state index contributed by atoms with van der Waals surface area (Å²) in [5.41, 5.74) is 1.77. The molecule has 1 aliphatic heterocycles. The monoisotopic (exact) mass is 286 g/mol. The minimum atomic E-state index is 0.597. The van der Waals surface area contributed by atoms with Gasteiger partial charge in [0.2, 0.25) is 0 Å². The molecule has 1 N–H and O–H groups in total. The minimum Gasteiger partial charge on any atom is -0.478 e. The Morgan fingerprint density at radius 3 is 2.71 bits per heavy atom. The van der Waals surface area contributed by atoms with E-state index in [9.17, 15) is 0 Å². The van der Waals surface area contributed by atoms with Crippen LogP contribution in [0.1, 0.15) is 12.8 Å². The molecular formula is C16H22N4O. The van der Waals surface area contributed by atoms with Crippen LogP contribution in [0.4, 0.5) is 5.82 Å². The van der Waals surface area contributed by atoms with Crippen LogP contribution in [-0.4, -0.2) is 43.8 Å². The number of aromatic nitrogens is 2. The standard InChI is InChI=1S/C16H22N4O/c1-20(11-12-6-5-9-17-10-12)15-16(21-2)19-14-8-4-3-7-13(14)18-15/h3-4,7-8,12,17H,5-6,9-11H2,1-2H3/t12-/m0/s1. The number of anilines is 1. The van der Waals surface area contributed by atoms with Gasteiger partial charge in [0.05, 0.1) is 18.1 Å². The summed E-state index contributed by atoms with van der Waals surface area (Å²) < 4.78 is 5.43. The molecule has 2 aromatic rings. The molecule has 1 fully saturated rings. The van der Waals surface area contributed by atoms with Crippen molar-refractivity contribution in [1.82, 2.24) is 15.3 Å². The van der Waals surface area contributed by atoms with Crippen LogP contribution in [0, 0.1) is 5.92 Å². The Bertz CT molecular complexity index is 610. The maximum absolute atomic E-state index is 5.43. The minimum absolute atomic E-state index is 0.597. The van der Waals surface area contributed by atoms with E-state index in [0.717, 1.165) is 36.5 Å². The number of ether oxygens (including phenoxy) is 1. The second kappa shape index (κ2) is 6.26. The van der Waals surface area contributed by atoms with Crippen LogP contribution >= 0.6 is 0 Å². The molecule has 3 rings (SSSR count). The summed E-state index contributed by atoms with van der Waals surface area (Å²) >= 11 is 0. The van der Waals surface area contributed by atoms with Gasteiger partial charge in [0.15, 0.2) is 5.82 Å². The second-order valence-electron chi connectivity index (χ2n) is 5.64. The van der Waals surface area contributed by atoms with Crippen LogP contribution in [0.3, 0.4) is 0 Å². The first kappa shape index (κ1) is 14.1. The molecule has 5 heteroatoms. The van der Waals surface area contributed by atoms with Crippen LogP contribution in [0.5, 0.6) is 5.88 Å². The van der Waals surface area contributed by atoms with E-state index in [1.165, 1.54) is 12.8 Å². The maximum atomic E-state index is 5.43. The first-order valence-electron chi connectivity index (χ1n) is 7.50. The number of benzene rings is 1. The van der Waals surface area contributed by atoms with E-state index in [1.807, 2.05) is 24.3 Å². The number of hydrogen-bond donors (Lipinski definition) is 1. The van der Waals surface area contributed by atoms with E-state index in [2.05, 4.69) is 22.2 Å². The molecule has 5 nitrogen and oxygen atoms in total. The molecule has 1 aromatic heterocycles. The molecule has 2 heterocycles. The summed E-state index contributed by atoms with van der Waals surface area (Å²) in [6.45, 7) is 3.18. The highest BCUT2D eigenvalue weighted by atomic mass is 16.5.